The molecule has 2 unspecified atom stereocenters. The van der Waals surface area contributed by atoms with E-state index in [0.29, 0.717) is 19.5 Å². The summed E-state index contributed by atoms with van der Waals surface area (Å²) in [4.78, 5) is 97.3. The molecule has 0 radical (unpaired) electrons. The van der Waals surface area contributed by atoms with E-state index in [4.69, 9.17) is 16.2 Å². The molecule has 18 heteroatoms. The van der Waals surface area contributed by atoms with E-state index in [9.17, 15) is 38.4 Å². The zero-order valence-electron chi connectivity index (χ0n) is 30.8. The number of benzene rings is 2. The van der Waals surface area contributed by atoms with Crippen LogP contribution < -0.4 is 43.4 Å². The van der Waals surface area contributed by atoms with Gasteiger partial charge in [-0.3, -0.25) is 28.8 Å². The number of piperazine rings is 1. The maximum Gasteiger partial charge on any atom is 0.328 e. The van der Waals surface area contributed by atoms with Gasteiger partial charge in [0.25, 0.3) is 0 Å². The highest BCUT2D eigenvalue weighted by Crippen LogP contribution is 2.09. The van der Waals surface area contributed by atoms with Crippen LogP contribution >= 0.6 is 0 Å². The van der Waals surface area contributed by atoms with Crippen LogP contribution in [0.3, 0.4) is 0 Å². The first-order valence-electron chi connectivity index (χ1n) is 17.1. The van der Waals surface area contributed by atoms with Crippen LogP contribution in [0.1, 0.15) is 48.4 Å². The van der Waals surface area contributed by atoms with Crippen molar-refractivity contribution in [2.24, 2.45) is 11.5 Å². The Morgan fingerprint density at radius 2 is 1.09 bits per heavy atom. The molecule has 6 amide bonds. The second-order valence-electron chi connectivity index (χ2n) is 12.3. The predicted molar refractivity (Wildman–Crippen MR) is 194 cm³/mol. The summed E-state index contributed by atoms with van der Waals surface area (Å²) in [6.07, 6.45) is -0.288. The lowest BCUT2D eigenvalue weighted by Gasteiger charge is -2.29. The van der Waals surface area contributed by atoms with E-state index in [-0.39, 0.29) is 6.42 Å². The molecule has 2 aromatic carbocycles. The quantitative estimate of drug-likeness (QED) is 0.0804. The van der Waals surface area contributed by atoms with Crippen molar-refractivity contribution in [1.29, 1.82) is 0 Å². The number of amides is 6. The van der Waals surface area contributed by atoms with Gasteiger partial charge in [-0.25, -0.2) is 9.59 Å². The molecule has 0 aromatic heterocycles. The number of hydrogen-bond donors (Lipinski definition) is 8. The van der Waals surface area contributed by atoms with E-state index in [1.54, 1.807) is 0 Å². The van der Waals surface area contributed by atoms with Crippen LogP contribution in [-0.4, -0.2) is 98.9 Å². The molecular weight excluding hydrogens is 704 g/mol. The van der Waals surface area contributed by atoms with Gasteiger partial charge in [0.15, 0.2) is 0 Å². The van der Waals surface area contributed by atoms with Gasteiger partial charge in [0.05, 0.1) is 40.2 Å². The fourth-order valence-corrected chi connectivity index (χ4v) is 4.88. The van der Waals surface area contributed by atoms with Crippen LogP contribution in [0.5, 0.6) is 0 Å². The average Bonchev–Trinajstić information content (AvgIpc) is 3.16. The topological polar surface area (TPSA) is 279 Å². The standard InChI is InChI=1S/C28H39N7O10.C8H11N/c1-15(27(42)44-2)32-23(38)13-30-21(36)10-19-25(40)35-20(26(41)34-19)11-22(37)31-14-24(39)33-18(28(43)45-3)9-8-16-4-6-17(12-29)7-5-16;1-7-2-4-8(6-9)5-3-7/h4-7,15,18-20H,8-14,29H2,1-3H3,(H,30,36)(H,31,37)(H,32,38)(H,33,39)(H,34,41)(H,35,40);2-5H,6,9H2,1H3/t15?,18?,19-,20-;/m0./s1. The van der Waals surface area contributed by atoms with Crippen LogP contribution in [0.2, 0.25) is 0 Å². The zero-order chi connectivity index (χ0) is 40.2. The van der Waals surface area contributed by atoms with Crippen molar-refractivity contribution in [2.75, 3.05) is 27.3 Å². The number of carbonyl (C=O) groups is 8. The van der Waals surface area contributed by atoms with E-state index in [1.807, 2.05) is 24.3 Å². The van der Waals surface area contributed by atoms with Crippen molar-refractivity contribution in [3.8, 4) is 0 Å². The molecule has 1 aliphatic rings. The SMILES string of the molecule is COC(=O)C(C)NC(=O)CNC(=O)C[C@@H]1NC(=O)[C@H](CC(=O)NCC(=O)NC(CCc2ccc(CN)cc2)C(=O)OC)NC1=O.Cc1ccc(CN)cc1. The molecule has 0 saturated carbocycles. The normalized spacial score (nSPS) is 15.7. The third-order valence-corrected chi connectivity index (χ3v) is 8.03. The summed E-state index contributed by atoms with van der Waals surface area (Å²) in [7, 11) is 2.34. The Hall–Kier alpha value is -5.88. The Morgan fingerprint density at radius 3 is 1.54 bits per heavy atom. The van der Waals surface area contributed by atoms with Gasteiger partial charge in [-0.2, -0.15) is 0 Å². The van der Waals surface area contributed by atoms with E-state index in [0.717, 1.165) is 18.2 Å². The Bertz CT molecular complexity index is 1620. The third kappa shape index (κ3) is 15.8. The van der Waals surface area contributed by atoms with Gasteiger partial charge in [0, 0.05) is 13.1 Å². The maximum atomic E-state index is 12.5. The molecule has 3 rings (SSSR count). The van der Waals surface area contributed by atoms with E-state index >= 15 is 0 Å². The number of nitrogens with one attached hydrogen (secondary N) is 6. The molecule has 1 saturated heterocycles. The second kappa shape index (κ2) is 22.9. The van der Waals surface area contributed by atoms with Crippen molar-refractivity contribution in [3.05, 3.63) is 70.8 Å². The van der Waals surface area contributed by atoms with Crippen LogP contribution in [0, 0.1) is 6.92 Å². The molecule has 10 N–H and O–H groups in total. The highest BCUT2D eigenvalue weighted by atomic mass is 16.5. The fourth-order valence-electron chi connectivity index (χ4n) is 4.88. The minimum atomic E-state index is -1.26. The number of methoxy groups -OCH3 is 2. The summed E-state index contributed by atoms with van der Waals surface area (Å²) < 4.78 is 9.25. The molecule has 0 bridgehead atoms. The van der Waals surface area contributed by atoms with Gasteiger partial charge in [0.1, 0.15) is 24.2 Å². The lowest BCUT2D eigenvalue weighted by Crippen LogP contribution is -2.63. The summed E-state index contributed by atoms with van der Waals surface area (Å²) in [6, 6.07) is 11.3. The van der Waals surface area contributed by atoms with Crippen molar-refractivity contribution in [1.82, 2.24) is 31.9 Å². The van der Waals surface area contributed by atoms with Gasteiger partial charge in [-0.1, -0.05) is 54.1 Å². The number of esters is 2. The number of ether oxygens (including phenoxy) is 2. The minimum absolute atomic E-state index is 0.240. The van der Waals surface area contributed by atoms with Crippen LogP contribution in [0.15, 0.2) is 48.5 Å². The number of aryl methyl sites for hydroxylation is 2. The Kier molecular flexibility index (Phi) is 18.8. The van der Waals surface area contributed by atoms with Crippen LogP contribution in [-0.2, 0) is 67.3 Å². The van der Waals surface area contributed by atoms with Gasteiger partial charge in [0.2, 0.25) is 35.4 Å². The number of hydrogen-bond acceptors (Lipinski definition) is 12. The smallest absolute Gasteiger partial charge is 0.328 e. The zero-order valence-corrected chi connectivity index (χ0v) is 30.8. The van der Waals surface area contributed by atoms with Crippen molar-refractivity contribution >= 4 is 47.4 Å². The number of rotatable bonds is 17. The van der Waals surface area contributed by atoms with Gasteiger partial charge >= 0.3 is 11.9 Å². The molecule has 294 valence electrons. The molecule has 18 nitrogen and oxygen atoms in total. The molecule has 0 aliphatic carbocycles. The highest BCUT2D eigenvalue weighted by molar-refractivity contribution is 6.01. The minimum Gasteiger partial charge on any atom is -0.467 e. The van der Waals surface area contributed by atoms with Gasteiger partial charge < -0.3 is 52.8 Å². The van der Waals surface area contributed by atoms with Crippen molar-refractivity contribution in [2.45, 2.75) is 76.8 Å². The first-order chi connectivity index (χ1) is 25.7. The first kappa shape index (κ1) is 44.3. The second-order valence-corrected chi connectivity index (χ2v) is 12.3. The average molecular weight is 755 g/mol. The lowest BCUT2D eigenvalue weighted by atomic mass is 10.0. The molecular formula is C36H50N8O10. The summed E-state index contributed by atoms with van der Waals surface area (Å²) in [5, 5.41) is 14.1. The van der Waals surface area contributed by atoms with Crippen molar-refractivity contribution in [3.63, 3.8) is 0 Å². The first-order valence-corrected chi connectivity index (χ1v) is 17.1. The van der Waals surface area contributed by atoms with Crippen LogP contribution in [0.25, 0.3) is 0 Å². The Balaban J connectivity index is 0.000000974. The summed E-state index contributed by atoms with van der Waals surface area (Å²) in [5.74, 6) is -5.61. The molecule has 54 heavy (non-hydrogen) atoms. The molecule has 4 atom stereocenters. The number of carbonyl (C=O) groups excluding carboxylic acids is 8. The lowest BCUT2D eigenvalue weighted by molar-refractivity contribution is -0.145. The molecule has 1 heterocycles. The van der Waals surface area contributed by atoms with Gasteiger partial charge in [-0.05, 0) is 43.4 Å². The fraction of sp³-hybridized carbons (Fsp3) is 0.444. The summed E-state index contributed by atoms with van der Waals surface area (Å²) >= 11 is 0. The summed E-state index contributed by atoms with van der Waals surface area (Å²) in [5.41, 5.74) is 15.4. The molecule has 0 spiro atoms. The maximum absolute atomic E-state index is 12.5. The third-order valence-electron chi connectivity index (χ3n) is 8.03. The molecule has 1 aliphatic heterocycles. The highest BCUT2D eigenvalue weighted by Gasteiger charge is 2.36. The number of nitrogens with two attached hydrogens (primary N) is 2. The largest absolute Gasteiger partial charge is 0.467 e. The predicted octanol–water partition coefficient (Wildman–Crippen LogP) is -2.14. The Labute approximate surface area is 313 Å². The van der Waals surface area contributed by atoms with E-state index < -0.39 is 97.5 Å². The summed E-state index contributed by atoms with van der Waals surface area (Å²) in [6.45, 7) is 3.51. The van der Waals surface area contributed by atoms with E-state index in [2.05, 4.69) is 67.8 Å². The molecule has 2 aromatic rings. The Morgan fingerprint density at radius 1 is 0.667 bits per heavy atom. The van der Waals surface area contributed by atoms with E-state index in [1.165, 1.54) is 25.2 Å². The monoisotopic (exact) mass is 754 g/mol. The van der Waals surface area contributed by atoms with Gasteiger partial charge in [-0.15, -0.1) is 0 Å². The van der Waals surface area contributed by atoms with Crippen LogP contribution in [0.4, 0.5) is 0 Å². The molecule has 1 fully saturated rings. The van der Waals surface area contributed by atoms with Crippen molar-refractivity contribution < 1.29 is 47.8 Å².